The summed E-state index contributed by atoms with van der Waals surface area (Å²) < 4.78 is 58.0. The molecule has 7 heteroatoms. The fourth-order valence-corrected chi connectivity index (χ4v) is 1.15. The molecule has 0 aliphatic rings. The molecule has 1 aromatic rings. The standard InChI is InChI=1S/C12H11F4NO2/c13-11(14)12(15,16)8-18-4-5-19-10-3-1-2-9(6-10)7-17/h1-3,6,11H,4-5,8H2. The zero-order chi connectivity index (χ0) is 14.3. The third-order valence-corrected chi connectivity index (χ3v) is 2.07. The smallest absolute Gasteiger partial charge is 0.330 e. The first-order valence-electron chi connectivity index (χ1n) is 5.32. The lowest BCUT2D eigenvalue weighted by Crippen LogP contribution is -2.33. The van der Waals surface area contributed by atoms with Crippen molar-refractivity contribution in [2.75, 3.05) is 19.8 Å². The molecule has 0 aliphatic carbocycles. The van der Waals surface area contributed by atoms with Gasteiger partial charge in [-0.3, -0.25) is 0 Å². The van der Waals surface area contributed by atoms with Crippen LogP contribution in [0.15, 0.2) is 24.3 Å². The Morgan fingerprint density at radius 1 is 1.26 bits per heavy atom. The molecule has 0 saturated heterocycles. The van der Waals surface area contributed by atoms with Gasteiger partial charge in [-0.2, -0.15) is 14.0 Å². The van der Waals surface area contributed by atoms with Crippen LogP contribution in [0.4, 0.5) is 17.6 Å². The van der Waals surface area contributed by atoms with Gasteiger partial charge in [0.05, 0.1) is 18.2 Å². The Kier molecular flexibility index (Phi) is 5.57. The van der Waals surface area contributed by atoms with E-state index < -0.39 is 19.0 Å². The largest absolute Gasteiger partial charge is 0.491 e. The lowest BCUT2D eigenvalue weighted by Gasteiger charge is -2.15. The van der Waals surface area contributed by atoms with Crippen LogP contribution in [0.3, 0.4) is 0 Å². The number of nitriles is 1. The van der Waals surface area contributed by atoms with Gasteiger partial charge in [0.25, 0.3) is 0 Å². The van der Waals surface area contributed by atoms with Crippen LogP contribution in [-0.2, 0) is 4.74 Å². The normalized spacial score (nSPS) is 11.4. The number of alkyl halides is 4. The summed E-state index contributed by atoms with van der Waals surface area (Å²) in [7, 11) is 0. The first kappa shape index (κ1) is 15.2. The van der Waals surface area contributed by atoms with E-state index in [1.807, 2.05) is 6.07 Å². The second-order valence-electron chi connectivity index (χ2n) is 3.60. The zero-order valence-electron chi connectivity index (χ0n) is 9.78. The lowest BCUT2D eigenvalue weighted by atomic mass is 10.2. The molecule has 0 amide bonds. The quantitative estimate of drug-likeness (QED) is 0.568. The molecule has 3 nitrogen and oxygen atoms in total. The molecule has 19 heavy (non-hydrogen) atoms. The summed E-state index contributed by atoms with van der Waals surface area (Å²) >= 11 is 0. The van der Waals surface area contributed by atoms with E-state index in [1.165, 1.54) is 6.07 Å². The summed E-state index contributed by atoms with van der Waals surface area (Å²) in [5.41, 5.74) is 0.391. The molecule has 0 atom stereocenters. The molecule has 0 unspecified atom stereocenters. The van der Waals surface area contributed by atoms with Crippen molar-refractivity contribution < 1.29 is 27.0 Å². The molecule has 0 aromatic heterocycles. The Labute approximate surface area is 107 Å². The van der Waals surface area contributed by atoms with Crippen molar-refractivity contribution in [3.8, 4) is 11.8 Å². The summed E-state index contributed by atoms with van der Waals surface area (Å²) in [5.74, 6) is -3.77. The highest BCUT2D eigenvalue weighted by Crippen LogP contribution is 2.22. The predicted molar refractivity (Wildman–Crippen MR) is 58.4 cm³/mol. The molecule has 0 fully saturated rings. The Hall–Kier alpha value is -1.81. The van der Waals surface area contributed by atoms with Crippen molar-refractivity contribution in [1.29, 1.82) is 5.26 Å². The van der Waals surface area contributed by atoms with E-state index in [2.05, 4.69) is 4.74 Å². The maximum Gasteiger partial charge on any atom is 0.330 e. The van der Waals surface area contributed by atoms with Gasteiger partial charge in [0.15, 0.2) is 0 Å². The first-order valence-corrected chi connectivity index (χ1v) is 5.32. The van der Waals surface area contributed by atoms with E-state index in [0.29, 0.717) is 11.3 Å². The van der Waals surface area contributed by atoms with E-state index in [4.69, 9.17) is 10.00 Å². The third kappa shape index (κ3) is 5.14. The minimum absolute atomic E-state index is 0.0752. The van der Waals surface area contributed by atoms with Crippen molar-refractivity contribution in [3.63, 3.8) is 0 Å². The van der Waals surface area contributed by atoms with Crippen molar-refractivity contribution in [3.05, 3.63) is 29.8 Å². The van der Waals surface area contributed by atoms with Crippen molar-refractivity contribution in [2.45, 2.75) is 12.3 Å². The number of hydrogen-bond donors (Lipinski definition) is 0. The molecule has 0 radical (unpaired) electrons. The van der Waals surface area contributed by atoms with Gasteiger partial charge in [0, 0.05) is 0 Å². The van der Waals surface area contributed by atoms with E-state index in [1.54, 1.807) is 18.2 Å². The predicted octanol–water partition coefficient (Wildman–Crippen LogP) is 2.85. The van der Waals surface area contributed by atoms with Crippen LogP contribution in [0.2, 0.25) is 0 Å². The van der Waals surface area contributed by atoms with Gasteiger partial charge in [-0.25, -0.2) is 8.78 Å². The van der Waals surface area contributed by atoms with Gasteiger partial charge >= 0.3 is 12.3 Å². The average Bonchev–Trinajstić information content (AvgIpc) is 2.38. The van der Waals surface area contributed by atoms with E-state index >= 15 is 0 Å². The van der Waals surface area contributed by atoms with Crippen LogP contribution < -0.4 is 4.74 Å². The molecule has 0 bridgehead atoms. The van der Waals surface area contributed by atoms with Gasteiger partial charge in [-0.15, -0.1) is 0 Å². The highest BCUT2D eigenvalue weighted by molar-refractivity contribution is 5.36. The number of halogens is 4. The number of nitrogens with zero attached hydrogens (tertiary/aromatic N) is 1. The van der Waals surface area contributed by atoms with E-state index in [0.717, 1.165) is 0 Å². The molecule has 0 spiro atoms. The first-order chi connectivity index (χ1) is 8.95. The van der Waals surface area contributed by atoms with E-state index in [-0.39, 0.29) is 13.2 Å². The van der Waals surface area contributed by atoms with Gasteiger partial charge in [-0.1, -0.05) is 6.07 Å². The van der Waals surface area contributed by atoms with Gasteiger partial charge < -0.3 is 9.47 Å². The molecule has 1 rings (SSSR count). The fourth-order valence-electron chi connectivity index (χ4n) is 1.15. The number of benzene rings is 1. The number of hydrogen-bond acceptors (Lipinski definition) is 3. The second-order valence-corrected chi connectivity index (χ2v) is 3.60. The molecule has 0 heterocycles. The average molecular weight is 277 g/mol. The minimum Gasteiger partial charge on any atom is -0.491 e. The Bertz CT molecular complexity index is 446. The zero-order valence-corrected chi connectivity index (χ0v) is 9.78. The second kappa shape index (κ2) is 6.95. The molecular weight excluding hydrogens is 266 g/mol. The van der Waals surface area contributed by atoms with Gasteiger partial charge in [-0.05, 0) is 18.2 Å². The summed E-state index contributed by atoms with van der Waals surface area (Å²) in [6, 6.07) is 8.12. The van der Waals surface area contributed by atoms with Crippen molar-refractivity contribution >= 4 is 0 Å². The van der Waals surface area contributed by atoms with Gasteiger partial charge in [0.1, 0.15) is 19.0 Å². The monoisotopic (exact) mass is 277 g/mol. The molecule has 0 aliphatic heterocycles. The highest BCUT2D eigenvalue weighted by atomic mass is 19.3. The van der Waals surface area contributed by atoms with Crippen LogP contribution in [-0.4, -0.2) is 32.2 Å². The van der Waals surface area contributed by atoms with Crippen LogP contribution in [0.25, 0.3) is 0 Å². The highest BCUT2D eigenvalue weighted by Gasteiger charge is 2.40. The molecule has 104 valence electrons. The maximum atomic E-state index is 12.4. The summed E-state index contributed by atoms with van der Waals surface area (Å²) in [6.07, 6.45) is -3.75. The minimum atomic E-state index is -4.15. The topological polar surface area (TPSA) is 42.2 Å². The van der Waals surface area contributed by atoms with Crippen molar-refractivity contribution in [1.82, 2.24) is 0 Å². The summed E-state index contributed by atoms with van der Waals surface area (Å²) in [5, 5.41) is 8.63. The van der Waals surface area contributed by atoms with Crippen LogP contribution in [0.5, 0.6) is 5.75 Å². The number of rotatable bonds is 7. The van der Waals surface area contributed by atoms with Gasteiger partial charge in [0.2, 0.25) is 0 Å². The van der Waals surface area contributed by atoms with Crippen molar-refractivity contribution in [2.24, 2.45) is 0 Å². The van der Waals surface area contributed by atoms with Crippen LogP contribution in [0.1, 0.15) is 5.56 Å². The maximum absolute atomic E-state index is 12.4. The number of ether oxygens (including phenoxy) is 2. The summed E-state index contributed by atoms with van der Waals surface area (Å²) in [6.45, 7) is -1.68. The molecular formula is C12H11F4NO2. The Morgan fingerprint density at radius 3 is 2.63 bits per heavy atom. The SMILES string of the molecule is N#Cc1cccc(OCCOCC(F)(F)C(F)F)c1. The summed E-state index contributed by atoms with van der Waals surface area (Å²) in [4.78, 5) is 0. The van der Waals surface area contributed by atoms with Crippen LogP contribution >= 0.6 is 0 Å². The molecule has 1 aromatic carbocycles. The Balaban J connectivity index is 2.26. The Morgan fingerprint density at radius 2 is 2.00 bits per heavy atom. The molecule has 0 N–H and O–H groups in total. The third-order valence-electron chi connectivity index (χ3n) is 2.07. The van der Waals surface area contributed by atoms with E-state index in [9.17, 15) is 17.6 Å². The van der Waals surface area contributed by atoms with Crippen LogP contribution in [0, 0.1) is 11.3 Å². The molecule has 0 saturated carbocycles. The fraction of sp³-hybridized carbons (Fsp3) is 0.417. The lowest BCUT2D eigenvalue weighted by molar-refractivity contribution is -0.166.